The van der Waals surface area contributed by atoms with Crippen molar-refractivity contribution in [2.24, 2.45) is 16.8 Å². The molecule has 1 fully saturated rings. The Bertz CT molecular complexity index is 651. The molecule has 0 aromatic carbocycles. The smallest absolute Gasteiger partial charge is 0.116 e. The highest BCUT2D eigenvalue weighted by molar-refractivity contribution is 5.79. The van der Waals surface area contributed by atoms with E-state index in [0.29, 0.717) is 23.9 Å². The maximum atomic E-state index is 13.1. The quantitative estimate of drug-likeness (QED) is 0.884. The van der Waals surface area contributed by atoms with Gasteiger partial charge in [-0.3, -0.25) is 9.98 Å². The van der Waals surface area contributed by atoms with Crippen LogP contribution in [0.5, 0.6) is 0 Å². The van der Waals surface area contributed by atoms with Crippen molar-refractivity contribution in [3.63, 3.8) is 0 Å². The molecule has 4 rings (SSSR count). The van der Waals surface area contributed by atoms with Crippen molar-refractivity contribution >= 4 is 6.21 Å². The van der Waals surface area contributed by atoms with Gasteiger partial charge >= 0.3 is 0 Å². The van der Waals surface area contributed by atoms with Crippen molar-refractivity contribution in [3.05, 3.63) is 41.2 Å². The van der Waals surface area contributed by atoms with Gasteiger partial charge in [-0.15, -0.1) is 0 Å². The molecule has 0 saturated carbocycles. The Kier molecular flexibility index (Phi) is 5.22. The van der Waals surface area contributed by atoms with Crippen LogP contribution >= 0.6 is 0 Å². The number of dihydropyridines is 1. The Labute approximate surface area is 149 Å². The summed E-state index contributed by atoms with van der Waals surface area (Å²) in [4.78, 5) is 8.78. The topological polar surface area (TPSA) is 49.3 Å². The summed E-state index contributed by atoms with van der Waals surface area (Å²) >= 11 is 0. The maximum absolute atomic E-state index is 13.1. The van der Waals surface area contributed by atoms with Crippen LogP contribution in [0.3, 0.4) is 0 Å². The molecule has 3 unspecified atom stereocenters. The fourth-order valence-corrected chi connectivity index (χ4v) is 4.51. The summed E-state index contributed by atoms with van der Waals surface area (Å²) in [5, 5.41) is 7.33. The lowest BCUT2D eigenvalue weighted by molar-refractivity contribution is 0.263. The third-order valence-corrected chi connectivity index (χ3v) is 5.88. The number of nitrogens with zero attached hydrogens (tertiary/aromatic N) is 2. The number of halogens is 1. The Hall–Kier alpha value is -1.59. The molecule has 4 nitrogen and oxygen atoms in total. The molecule has 2 aliphatic heterocycles. The third kappa shape index (κ3) is 3.82. The lowest BCUT2D eigenvalue weighted by Crippen LogP contribution is -2.43. The average Bonchev–Trinajstić information content (AvgIpc) is 2.69. The normalized spacial score (nSPS) is 30.0. The predicted octanol–water partition coefficient (Wildman–Crippen LogP) is 2.62. The first-order valence-electron chi connectivity index (χ1n) is 9.49. The van der Waals surface area contributed by atoms with E-state index in [1.54, 1.807) is 6.21 Å². The van der Waals surface area contributed by atoms with Crippen molar-refractivity contribution in [1.29, 1.82) is 0 Å². The number of allylic oxidation sites excluding steroid dienone is 1. The summed E-state index contributed by atoms with van der Waals surface area (Å²) in [6, 6.07) is 3.07. The predicted molar refractivity (Wildman–Crippen MR) is 98.7 cm³/mol. The molecule has 3 heterocycles. The minimum Gasteiger partial charge on any atom is -0.317 e. The van der Waals surface area contributed by atoms with Gasteiger partial charge < -0.3 is 10.6 Å². The van der Waals surface area contributed by atoms with Crippen molar-refractivity contribution in [3.8, 4) is 0 Å². The molecule has 0 radical (unpaired) electrons. The minimum atomic E-state index is -0.413. The molecule has 3 atom stereocenters. The largest absolute Gasteiger partial charge is 0.317 e. The lowest BCUT2D eigenvalue weighted by atomic mass is 9.74. The van der Waals surface area contributed by atoms with Crippen LogP contribution in [0, 0.1) is 11.8 Å². The minimum absolute atomic E-state index is 0.342. The zero-order chi connectivity index (χ0) is 17.1. The number of rotatable bonds is 4. The van der Waals surface area contributed by atoms with E-state index in [0.717, 1.165) is 38.0 Å². The van der Waals surface area contributed by atoms with Crippen molar-refractivity contribution < 1.29 is 4.39 Å². The second kappa shape index (κ2) is 7.75. The van der Waals surface area contributed by atoms with Crippen LogP contribution in [-0.4, -0.2) is 43.5 Å². The van der Waals surface area contributed by atoms with Gasteiger partial charge in [-0.25, -0.2) is 4.39 Å². The molecule has 1 aromatic rings. The Morgan fingerprint density at radius 1 is 1.28 bits per heavy atom. The Balaban J connectivity index is 1.54. The first kappa shape index (κ1) is 16.9. The second-order valence-corrected chi connectivity index (χ2v) is 7.55. The number of nitrogens with one attached hydrogen (secondary N) is 2. The van der Waals surface area contributed by atoms with Gasteiger partial charge in [-0.1, -0.05) is 6.08 Å². The molecule has 134 valence electrons. The molecule has 1 aliphatic carbocycles. The van der Waals surface area contributed by atoms with E-state index in [-0.39, 0.29) is 0 Å². The van der Waals surface area contributed by atoms with Gasteiger partial charge in [0.1, 0.15) is 6.67 Å². The van der Waals surface area contributed by atoms with E-state index < -0.39 is 6.67 Å². The Morgan fingerprint density at radius 3 is 3.00 bits per heavy atom. The number of aliphatic imine (C=N–C) groups is 1. The highest BCUT2D eigenvalue weighted by atomic mass is 19.1. The van der Waals surface area contributed by atoms with E-state index in [1.165, 1.54) is 24.0 Å². The molecular formula is C20H27FN4. The summed E-state index contributed by atoms with van der Waals surface area (Å²) in [6.45, 7) is 2.56. The van der Waals surface area contributed by atoms with Gasteiger partial charge in [0.2, 0.25) is 0 Å². The van der Waals surface area contributed by atoms with Gasteiger partial charge in [-0.05, 0) is 67.5 Å². The zero-order valence-electron chi connectivity index (χ0n) is 14.6. The summed E-state index contributed by atoms with van der Waals surface area (Å²) < 4.78 is 13.1. The van der Waals surface area contributed by atoms with Crippen molar-refractivity contribution in [2.75, 3.05) is 26.3 Å². The highest BCUT2D eigenvalue weighted by Crippen LogP contribution is 2.38. The van der Waals surface area contributed by atoms with Crippen molar-refractivity contribution in [1.82, 2.24) is 15.6 Å². The van der Waals surface area contributed by atoms with Crippen molar-refractivity contribution in [2.45, 2.75) is 37.8 Å². The molecule has 0 amide bonds. The monoisotopic (exact) mass is 342 g/mol. The molecule has 1 aromatic heterocycles. The molecular weight excluding hydrogens is 315 g/mol. The number of hydrogen-bond donors (Lipinski definition) is 2. The van der Waals surface area contributed by atoms with Gasteiger partial charge in [0, 0.05) is 43.2 Å². The van der Waals surface area contributed by atoms with Crippen LogP contribution in [0.4, 0.5) is 4.39 Å². The summed E-state index contributed by atoms with van der Waals surface area (Å²) in [5.74, 6) is 0.850. The number of pyridine rings is 1. The number of hydrogen-bond acceptors (Lipinski definition) is 4. The van der Waals surface area contributed by atoms with Crippen LogP contribution in [0.15, 0.2) is 35.1 Å². The zero-order valence-corrected chi connectivity index (χ0v) is 14.6. The summed E-state index contributed by atoms with van der Waals surface area (Å²) in [7, 11) is 0. The van der Waals surface area contributed by atoms with E-state index in [9.17, 15) is 4.39 Å². The molecule has 5 heteroatoms. The van der Waals surface area contributed by atoms with Crippen LogP contribution < -0.4 is 10.6 Å². The van der Waals surface area contributed by atoms with E-state index in [4.69, 9.17) is 0 Å². The molecule has 1 saturated heterocycles. The van der Waals surface area contributed by atoms with Crippen LogP contribution in [0.25, 0.3) is 0 Å². The molecule has 0 bridgehead atoms. The fraction of sp³-hybridized carbons (Fsp3) is 0.600. The third-order valence-electron chi connectivity index (χ3n) is 5.88. The number of aromatic nitrogens is 1. The van der Waals surface area contributed by atoms with Crippen LogP contribution in [0.1, 0.15) is 36.4 Å². The molecule has 2 N–H and O–H groups in total. The van der Waals surface area contributed by atoms with E-state index in [2.05, 4.69) is 32.8 Å². The van der Waals surface area contributed by atoms with Gasteiger partial charge in [0.25, 0.3) is 0 Å². The van der Waals surface area contributed by atoms with E-state index in [1.807, 2.05) is 12.4 Å². The van der Waals surface area contributed by atoms with Gasteiger partial charge in [-0.2, -0.15) is 0 Å². The SMILES string of the molecule is FCC1=CC(C2Cc3ccncc3C(NC3CCNCC3)C2)CN=C1. The standard InChI is InChI=1S/C20H27FN4/c21-10-14-7-17(12-24-11-14)16-8-15-1-4-23-13-19(15)20(9-16)25-18-2-5-22-6-3-18/h1,4,7,11,13,16-18,20,22,25H,2-3,5-6,8-10,12H2. The average molecular weight is 342 g/mol. The number of alkyl halides is 1. The first-order valence-corrected chi connectivity index (χ1v) is 9.49. The molecule has 25 heavy (non-hydrogen) atoms. The maximum Gasteiger partial charge on any atom is 0.116 e. The molecule has 0 spiro atoms. The van der Waals surface area contributed by atoms with Crippen LogP contribution in [0.2, 0.25) is 0 Å². The molecule has 3 aliphatic rings. The van der Waals surface area contributed by atoms with Gasteiger partial charge in [0.15, 0.2) is 0 Å². The van der Waals surface area contributed by atoms with E-state index >= 15 is 0 Å². The fourth-order valence-electron chi connectivity index (χ4n) is 4.51. The van der Waals surface area contributed by atoms with Gasteiger partial charge in [0.05, 0.1) is 0 Å². The second-order valence-electron chi connectivity index (χ2n) is 7.55. The lowest BCUT2D eigenvalue weighted by Gasteiger charge is -2.38. The summed E-state index contributed by atoms with van der Waals surface area (Å²) in [6.07, 6.45) is 12.2. The number of piperidine rings is 1. The Morgan fingerprint density at radius 2 is 2.16 bits per heavy atom. The summed E-state index contributed by atoms with van der Waals surface area (Å²) in [5.41, 5.74) is 3.48. The highest BCUT2D eigenvalue weighted by Gasteiger charge is 2.33. The van der Waals surface area contributed by atoms with Crippen LogP contribution in [-0.2, 0) is 6.42 Å². The first-order chi connectivity index (χ1) is 12.3. The number of fused-ring (bicyclic) bond motifs is 1.